The third kappa shape index (κ3) is 2.99. The number of hydrogen-bond donors (Lipinski definition) is 0. The number of fused-ring (bicyclic) bond motifs is 1. The van der Waals surface area contributed by atoms with Crippen molar-refractivity contribution in [2.45, 2.75) is 18.9 Å². The number of thiocarbonyl (C=S) groups is 1. The average molecular weight is 355 g/mol. The molecule has 2 aliphatic rings. The first-order valence-corrected chi connectivity index (χ1v) is 9.29. The van der Waals surface area contributed by atoms with Crippen LogP contribution < -0.4 is 0 Å². The van der Waals surface area contributed by atoms with Gasteiger partial charge in [0.05, 0.1) is 17.6 Å². The third-order valence-electron chi connectivity index (χ3n) is 4.39. The summed E-state index contributed by atoms with van der Waals surface area (Å²) in [5.41, 5.74) is 1.05. The highest BCUT2D eigenvalue weighted by Gasteiger charge is 2.34. The van der Waals surface area contributed by atoms with Gasteiger partial charge in [-0.05, 0) is 35.3 Å². The second kappa shape index (κ2) is 6.67. The van der Waals surface area contributed by atoms with Crippen LogP contribution in [0.5, 0.6) is 0 Å². The molecule has 0 N–H and O–H groups in total. The molecule has 0 aliphatic carbocycles. The molecule has 2 fully saturated rings. The summed E-state index contributed by atoms with van der Waals surface area (Å²) in [6, 6.07) is 14.3. The lowest BCUT2D eigenvalue weighted by molar-refractivity contribution is -0.123. The van der Waals surface area contributed by atoms with E-state index in [-0.39, 0.29) is 12.0 Å². The van der Waals surface area contributed by atoms with Crippen molar-refractivity contribution in [1.29, 1.82) is 0 Å². The summed E-state index contributed by atoms with van der Waals surface area (Å²) in [5.74, 6) is -0.00608. The Morgan fingerprint density at radius 3 is 2.92 bits per heavy atom. The van der Waals surface area contributed by atoms with Gasteiger partial charge in [-0.15, -0.1) is 0 Å². The molecule has 4 rings (SSSR count). The summed E-state index contributed by atoms with van der Waals surface area (Å²) < 4.78 is 6.27. The molecular formula is C19H17NO2S2. The van der Waals surface area contributed by atoms with E-state index in [2.05, 4.69) is 18.2 Å². The molecule has 1 amide bonds. The Balaban J connectivity index is 1.62. The fraction of sp³-hybridized carbons (Fsp3) is 0.263. The van der Waals surface area contributed by atoms with E-state index in [1.807, 2.05) is 30.3 Å². The van der Waals surface area contributed by atoms with E-state index in [9.17, 15) is 4.79 Å². The molecule has 0 saturated carbocycles. The molecule has 24 heavy (non-hydrogen) atoms. The van der Waals surface area contributed by atoms with E-state index in [4.69, 9.17) is 17.0 Å². The van der Waals surface area contributed by atoms with Crippen molar-refractivity contribution in [2.75, 3.05) is 13.2 Å². The summed E-state index contributed by atoms with van der Waals surface area (Å²) in [6.45, 7) is 1.35. The van der Waals surface area contributed by atoms with Crippen molar-refractivity contribution in [3.63, 3.8) is 0 Å². The van der Waals surface area contributed by atoms with E-state index in [0.717, 1.165) is 30.4 Å². The smallest absolute Gasteiger partial charge is 0.266 e. The summed E-state index contributed by atoms with van der Waals surface area (Å²) in [7, 11) is 0. The lowest BCUT2D eigenvalue weighted by atomic mass is 10.0. The quantitative estimate of drug-likeness (QED) is 0.609. The Kier molecular flexibility index (Phi) is 4.39. The fourth-order valence-corrected chi connectivity index (χ4v) is 4.43. The summed E-state index contributed by atoms with van der Waals surface area (Å²) in [5, 5.41) is 2.31. The van der Waals surface area contributed by atoms with E-state index in [1.54, 1.807) is 4.90 Å². The molecule has 3 nitrogen and oxygen atoms in total. The van der Waals surface area contributed by atoms with Gasteiger partial charge in [0.25, 0.3) is 5.91 Å². The number of ether oxygens (including phenoxy) is 1. The van der Waals surface area contributed by atoms with Crippen LogP contribution in [0.25, 0.3) is 16.8 Å². The van der Waals surface area contributed by atoms with Crippen molar-refractivity contribution >= 4 is 51.1 Å². The molecule has 2 aromatic rings. The third-order valence-corrected chi connectivity index (χ3v) is 5.77. The van der Waals surface area contributed by atoms with Crippen molar-refractivity contribution in [1.82, 2.24) is 4.90 Å². The first kappa shape index (κ1) is 15.8. The maximum atomic E-state index is 12.7. The lowest BCUT2D eigenvalue weighted by Crippen LogP contribution is -2.35. The second-order valence-electron chi connectivity index (χ2n) is 6.00. The Morgan fingerprint density at radius 1 is 1.25 bits per heavy atom. The highest BCUT2D eigenvalue weighted by atomic mass is 32.2. The number of hydrogen-bond acceptors (Lipinski definition) is 4. The van der Waals surface area contributed by atoms with Crippen LogP contribution in [-0.4, -0.2) is 34.4 Å². The topological polar surface area (TPSA) is 29.5 Å². The normalized spacial score (nSPS) is 22.9. The maximum Gasteiger partial charge on any atom is 0.266 e. The van der Waals surface area contributed by atoms with Crippen LogP contribution in [0.4, 0.5) is 0 Å². The average Bonchev–Trinajstić information content (AvgIpc) is 3.20. The lowest BCUT2D eigenvalue weighted by Gasteiger charge is -2.18. The molecule has 0 spiro atoms. The SMILES string of the molecule is O=C1/C(=C\c2cccc3ccccc23)SC(=S)N1C[C@H]1CCCO1. The van der Waals surface area contributed by atoms with E-state index in [0.29, 0.717) is 15.8 Å². The summed E-state index contributed by atoms with van der Waals surface area (Å²) >= 11 is 6.79. The number of amides is 1. The van der Waals surface area contributed by atoms with E-state index >= 15 is 0 Å². The van der Waals surface area contributed by atoms with Crippen molar-refractivity contribution < 1.29 is 9.53 Å². The zero-order chi connectivity index (χ0) is 16.5. The molecule has 2 aromatic carbocycles. The first-order valence-electron chi connectivity index (χ1n) is 8.07. The molecule has 2 heterocycles. The number of rotatable bonds is 3. The molecule has 2 saturated heterocycles. The van der Waals surface area contributed by atoms with Crippen molar-refractivity contribution in [3.05, 3.63) is 52.9 Å². The van der Waals surface area contributed by atoms with Crippen LogP contribution in [0.2, 0.25) is 0 Å². The van der Waals surface area contributed by atoms with Gasteiger partial charge < -0.3 is 4.74 Å². The van der Waals surface area contributed by atoms with Gasteiger partial charge in [-0.3, -0.25) is 9.69 Å². The highest BCUT2D eigenvalue weighted by Crippen LogP contribution is 2.34. The van der Waals surface area contributed by atoms with Crippen LogP contribution in [0.3, 0.4) is 0 Å². The minimum atomic E-state index is -0.00608. The van der Waals surface area contributed by atoms with Crippen LogP contribution in [0, 0.1) is 0 Å². The number of carbonyl (C=O) groups excluding carboxylic acids is 1. The van der Waals surface area contributed by atoms with Gasteiger partial charge in [0.2, 0.25) is 0 Å². The molecule has 122 valence electrons. The van der Waals surface area contributed by atoms with Gasteiger partial charge in [-0.1, -0.05) is 66.4 Å². The number of thioether (sulfide) groups is 1. The van der Waals surface area contributed by atoms with Crippen LogP contribution in [-0.2, 0) is 9.53 Å². The number of benzene rings is 2. The predicted octanol–water partition coefficient (Wildman–Crippen LogP) is 4.22. The molecule has 0 unspecified atom stereocenters. The van der Waals surface area contributed by atoms with E-state index in [1.165, 1.54) is 17.1 Å². The minimum absolute atomic E-state index is 0.00608. The Hall–Kier alpha value is -1.69. The molecule has 0 aromatic heterocycles. The molecule has 2 aliphatic heterocycles. The zero-order valence-electron chi connectivity index (χ0n) is 13.1. The molecule has 0 bridgehead atoms. The van der Waals surface area contributed by atoms with Gasteiger partial charge in [0.1, 0.15) is 4.32 Å². The van der Waals surface area contributed by atoms with Gasteiger partial charge in [-0.25, -0.2) is 0 Å². The van der Waals surface area contributed by atoms with Gasteiger partial charge >= 0.3 is 0 Å². The van der Waals surface area contributed by atoms with Crippen molar-refractivity contribution in [2.24, 2.45) is 0 Å². The zero-order valence-corrected chi connectivity index (χ0v) is 14.7. The Bertz CT molecular complexity index is 835. The van der Waals surface area contributed by atoms with Crippen LogP contribution in [0.15, 0.2) is 47.4 Å². The Morgan fingerprint density at radius 2 is 2.08 bits per heavy atom. The summed E-state index contributed by atoms with van der Waals surface area (Å²) in [6.07, 6.45) is 4.13. The van der Waals surface area contributed by atoms with E-state index < -0.39 is 0 Å². The number of carbonyl (C=O) groups is 1. The van der Waals surface area contributed by atoms with Gasteiger partial charge in [0.15, 0.2) is 0 Å². The first-order chi connectivity index (χ1) is 11.7. The monoisotopic (exact) mass is 355 g/mol. The van der Waals surface area contributed by atoms with Crippen molar-refractivity contribution in [3.8, 4) is 0 Å². The minimum Gasteiger partial charge on any atom is -0.376 e. The molecule has 1 atom stereocenters. The summed E-state index contributed by atoms with van der Waals surface area (Å²) in [4.78, 5) is 15.1. The molecular weight excluding hydrogens is 338 g/mol. The van der Waals surface area contributed by atoms with Crippen LogP contribution >= 0.6 is 24.0 Å². The largest absolute Gasteiger partial charge is 0.376 e. The predicted molar refractivity (Wildman–Crippen MR) is 103 cm³/mol. The maximum absolute atomic E-state index is 12.7. The number of nitrogens with zero attached hydrogens (tertiary/aromatic N) is 1. The van der Waals surface area contributed by atoms with Gasteiger partial charge in [-0.2, -0.15) is 0 Å². The highest BCUT2D eigenvalue weighted by molar-refractivity contribution is 8.26. The molecule has 0 radical (unpaired) electrons. The van der Waals surface area contributed by atoms with Crippen LogP contribution in [0.1, 0.15) is 18.4 Å². The molecule has 5 heteroatoms. The fourth-order valence-electron chi connectivity index (χ4n) is 3.17. The Labute approximate surface area is 150 Å². The second-order valence-corrected chi connectivity index (χ2v) is 7.67. The van der Waals surface area contributed by atoms with Gasteiger partial charge in [0, 0.05) is 6.61 Å². The standard InChI is InChI=1S/C19H17NO2S2/c21-18-17(24-19(23)20(18)12-15-8-4-10-22-15)11-14-7-3-6-13-5-1-2-9-16(13)14/h1-3,5-7,9,11,15H,4,8,10,12H2/b17-11+/t15-/m1/s1.